The van der Waals surface area contributed by atoms with Crippen molar-refractivity contribution in [3.05, 3.63) is 0 Å². The quantitative estimate of drug-likeness (QED) is 0.658. The van der Waals surface area contributed by atoms with Crippen molar-refractivity contribution in [1.82, 2.24) is 0 Å². The maximum Gasteiger partial charge on any atom is 0.422 e. The average Bonchev–Trinajstić information content (AvgIpc) is 1.99. The minimum absolute atomic E-state index is 4.61. The van der Waals surface area contributed by atoms with Gasteiger partial charge in [-0.25, -0.2) is 17.6 Å². The molecule has 2 unspecified atom stereocenters. The van der Waals surface area contributed by atoms with Gasteiger partial charge >= 0.3 is 18.5 Å². The molecule has 0 bridgehead atoms. The van der Waals surface area contributed by atoms with Crippen molar-refractivity contribution in [3.63, 3.8) is 0 Å². The van der Waals surface area contributed by atoms with Crippen LogP contribution < -0.4 is 0 Å². The summed E-state index contributed by atoms with van der Waals surface area (Å²) in [7, 11) is 0. The highest BCUT2D eigenvalue weighted by atomic mass is 19.4. The summed E-state index contributed by atoms with van der Waals surface area (Å²) < 4.78 is 104. The zero-order valence-corrected chi connectivity index (χ0v) is 6.13. The lowest BCUT2D eigenvalue weighted by Crippen LogP contribution is -2.48. The van der Waals surface area contributed by atoms with E-state index in [1.807, 2.05) is 0 Å². The van der Waals surface area contributed by atoms with Gasteiger partial charge in [0, 0.05) is 0 Å². The minimum atomic E-state index is -5.93. The van der Waals surface area contributed by atoms with Gasteiger partial charge in [-0.2, -0.15) is 22.0 Å². The van der Waals surface area contributed by atoms with Gasteiger partial charge in [0.2, 0.25) is 12.3 Å². The molecule has 0 aliphatic rings. The van der Waals surface area contributed by atoms with Crippen LogP contribution in [0.15, 0.2) is 0 Å². The second-order valence-corrected chi connectivity index (χ2v) is 2.32. The number of rotatable bonds is 3. The average molecular weight is 234 g/mol. The Morgan fingerprint density at radius 2 is 1.00 bits per heavy atom. The molecule has 0 N–H and O–H groups in total. The van der Waals surface area contributed by atoms with Gasteiger partial charge in [0.15, 0.2) is 0 Å². The molecule has 0 amide bonds. The molecule has 14 heavy (non-hydrogen) atoms. The van der Waals surface area contributed by atoms with Crippen LogP contribution >= 0.6 is 0 Å². The van der Waals surface area contributed by atoms with Gasteiger partial charge in [0.05, 0.1) is 0 Å². The molecule has 0 heterocycles. The molecule has 0 nitrogen and oxygen atoms in total. The topological polar surface area (TPSA) is 0 Å². The third-order valence-electron chi connectivity index (χ3n) is 1.23. The summed E-state index contributed by atoms with van der Waals surface area (Å²) in [6, 6.07) is 0. The number of hydrogen-bond donors (Lipinski definition) is 0. The SMILES string of the molecule is FC(C(F)C(F)(F)C(F)F)C(F)(F)F. The molecule has 86 valence electrons. The van der Waals surface area contributed by atoms with Gasteiger partial charge in [-0.3, -0.25) is 0 Å². The van der Waals surface area contributed by atoms with E-state index in [1.165, 1.54) is 0 Å². The van der Waals surface area contributed by atoms with E-state index in [2.05, 4.69) is 0 Å². The summed E-state index contributed by atoms with van der Waals surface area (Å²) in [6.45, 7) is 0. The van der Waals surface area contributed by atoms with E-state index in [0.29, 0.717) is 0 Å². The Balaban J connectivity index is 4.70. The van der Waals surface area contributed by atoms with E-state index < -0.39 is 30.9 Å². The second-order valence-electron chi connectivity index (χ2n) is 2.32. The molecule has 0 spiro atoms. The van der Waals surface area contributed by atoms with Crippen molar-refractivity contribution in [1.29, 1.82) is 0 Å². The Morgan fingerprint density at radius 3 is 1.21 bits per heavy atom. The van der Waals surface area contributed by atoms with Crippen molar-refractivity contribution in [2.45, 2.75) is 30.9 Å². The first-order valence-electron chi connectivity index (χ1n) is 3.02. The second kappa shape index (κ2) is 3.85. The standard InChI is InChI=1S/C5H3F9/c6-1(2(7)5(12,13)14)4(10,11)3(8)9/h1-3H. The van der Waals surface area contributed by atoms with Gasteiger partial charge in [0.25, 0.3) is 0 Å². The van der Waals surface area contributed by atoms with Crippen molar-refractivity contribution < 1.29 is 39.5 Å². The van der Waals surface area contributed by atoms with Crippen molar-refractivity contribution in [2.75, 3.05) is 0 Å². The maximum absolute atomic E-state index is 12.0. The molecule has 0 aromatic rings. The summed E-state index contributed by atoms with van der Waals surface area (Å²) >= 11 is 0. The summed E-state index contributed by atoms with van der Waals surface area (Å²) in [4.78, 5) is 0. The van der Waals surface area contributed by atoms with E-state index in [9.17, 15) is 39.5 Å². The molecule has 9 heteroatoms. The summed E-state index contributed by atoms with van der Waals surface area (Å²) in [5.41, 5.74) is 0. The molecule has 0 saturated carbocycles. The maximum atomic E-state index is 12.0. The largest absolute Gasteiger partial charge is 0.422 e. The lowest BCUT2D eigenvalue weighted by molar-refractivity contribution is -0.248. The fourth-order valence-electron chi connectivity index (χ4n) is 0.481. The van der Waals surface area contributed by atoms with E-state index in [4.69, 9.17) is 0 Å². The molecule has 0 aromatic carbocycles. The number of alkyl halides is 9. The molecule has 0 saturated heterocycles. The Labute approximate surface area is 71.7 Å². The van der Waals surface area contributed by atoms with Crippen molar-refractivity contribution in [3.8, 4) is 0 Å². The van der Waals surface area contributed by atoms with Crippen LogP contribution in [0.4, 0.5) is 39.5 Å². The van der Waals surface area contributed by atoms with Crippen LogP contribution in [-0.2, 0) is 0 Å². The molecule has 0 aliphatic heterocycles. The van der Waals surface area contributed by atoms with Crippen LogP contribution in [0.25, 0.3) is 0 Å². The van der Waals surface area contributed by atoms with Crippen LogP contribution in [0, 0.1) is 0 Å². The first kappa shape index (κ1) is 13.4. The fourth-order valence-corrected chi connectivity index (χ4v) is 0.481. The molecule has 0 rings (SSSR count). The van der Waals surface area contributed by atoms with Gasteiger partial charge in [-0.15, -0.1) is 0 Å². The zero-order chi connectivity index (χ0) is 11.7. The number of hydrogen-bond acceptors (Lipinski definition) is 0. The highest BCUT2D eigenvalue weighted by molar-refractivity contribution is 4.88. The van der Waals surface area contributed by atoms with Crippen LogP contribution in [0.5, 0.6) is 0 Å². The van der Waals surface area contributed by atoms with E-state index in [-0.39, 0.29) is 0 Å². The van der Waals surface area contributed by atoms with E-state index in [1.54, 1.807) is 0 Å². The molecule has 0 aromatic heterocycles. The van der Waals surface area contributed by atoms with Crippen LogP contribution in [0.3, 0.4) is 0 Å². The van der Waals surface area contributed by atoms with Crippen LogP contribution in [-0.4, -0.2) is 30.9 Å². The Hall–Kier alpha value is -0.630. The normalized spacial score (nSPS) is 18.4. The lowest BCUT2D eigenvalue weighted by Gasteiger charge is -2.23. The first-order chi connectivity index (χ1) is 6.01. The third-order valence-corrected chi connectivity index (χ3v) is 1.23. The molecule has 0 radical (unpaired) electrons. The molecule has 2 atom stereocenters. The monoisotopic (exact) mass is 234 g/mol. The van der Waals surface area contributed by atoms with Crippen molar-refractivity contribution in [2.24, 2.45) is 0 Å². The Kier molecular flexibility index (Phi) is 3.68. The van der Waals surface area contributed by atoms with Crippen LogP contribution in [0.2, 0.25) is 0 Å². The minimum Gasteiger partial charge on any atom is -0.237 e. The summed E-state index contributed by atoms with van der Waals surface area (Å²) in [6.07, 6.45) is -19.9. The molecular formula is C5H3F9. The van der Waals surface area contributed by atoms with Gasteiger partial charge in [-0.1, -0.05) is 0 Å². The smallest absolute Gasteiger partial charge is 0.237 e. The van der Waals surface area contributed by atoms with Gasteiger partial charge in [0.1, 0.15) is 0 Å². The Bertz CT molecular complexity index is 182. The molecule has 0 aliphatic carbocycles. The van der Waals surface area contributed by atoms with Crippen molar-refractivity contribution >= 4 is 0 Å². The van der Waals surface area contributed by atoms with Gasteiger partial charge < -0.3 is 0 Å². The predicted octanol–water partition coefficient (Wildman–Crippen LogP) is 3.13. The summed E-state index contributed by atoms with van der Waals surface area (Å²) in [5.74, 6) is -5.66. The van der Waals surface area contributed by atoms with Gasteiger partial charge in [-0.05, 0) is 0 Å². The number of halogens is 9. The third kappa shape index (κ3) is 2.68. The molecular weight excluding hydrogens is 231 g/mol. The zero-order valence-electron chi connectivity index (χ0n) is 6.13. The predicted molar refractivity (Wildman–Crippen MR) is 26.8 cm³/mol. The van der Waals surface area contributed by atoms with E-state index in [0.717, 1.165) is 0 Å². The highest BCUT2D eigenvalue weighted by Crippen LogP contribution is 2.37. The Morgan fingerprint density at radius 1 is 0.643 bits per heavy atom. The van der Waals surface area contributed by atoms with Crippen LogP contribution in [0.1, 0.15) is 0 Å². The van der Waals surface area contributed by atoms with E-state index >= 15 is 0 Å². The fraction of sp³-hybridized carbons (Fsp3) is 1.00. The molecule has 0 fully saturated rings. The summed E-state index contributed by atoms with van der Waals surface area (Å²) in [5, 5.41) is 0. The highest BCUT2D eigenvalue weighted by Gasteiger charge is 2.60. The lowest BCUT2D eigenvalue weighted by atomic mass is 10.1. The first-order valence-corrected chi connectivity index (χ1v) is 3.02.